The van der Waals surface area contributed by atoms with Crippen molar-refractivity contribution < 1.29 is 14.3 Å². The second kappa shape index (κ2) is 6.99. The molecule has 142 valence electrons. The molecule has 2 aromatic carbocycles. The second-order valence-electron chi connectivity index (χ2n) is 6.43. The lowest BCUT2D eigenvalue weighted by atomic mass is 10.1. The topological polar surface area (TPSA) is 93.2 Å². The maximum Gasteiger partial charge on any atom is 0.415 e. The van der Waals surface area contributed by atoms with Crippen molar-refractivity contribution in [3.05, 3.63) is 72.6 Å². The number of aromatic nitrogens is 2. The summed E-state index contributed by atoms with van der Waals surface area (Å²) in [5, 5.41) is 5.42. The average Bonchev–Trinajstić information content (AvgIpc) is 3.33. The zero-order chi connectivity index (χ0) is 19.8. The summed E-state index contributed by atoms with van der Waals surface area (Å²) in [4.78, 5) is 32.8. The first-order valence-corrected chi connectivity index (χ1v) is 9.67. The lowest BCUT2D eigenvalue weighted by molar-refractivity contribution is -0.123. The second-order valence-corrected chi connectivity index (χ2v) is 7.49. The molecule has 7 nitrogen and oxygen atoms in total. The van der Waals surface area contributed by atoms with Crippen LogP contribution in [-0.4, -0.2) is 22.0 Å². The van der Waals surface area contributed by atoms with Crippen molar-refractivity contribution in [1.29, 1.82) is 0 Å². The largest absolute Gasteiger partial charge is 0.431 e. The molecular weight excluding hydrogens is 388 g/mol. The molecule has 1 atom stereocenters. The molecule has 1 aliphatic rings. The zero-order valence-electron chi connectivity index (χ0n) is 15.0. The highest BCUT2D eigenvalue weighted by Crippen LogP contribution is 2.36. The van der Waals surface area contributed by atoms with Gasteiger partial charge in [-0.1, -0.05) is 42.5 Å². The number of carbonyl (C=O) groups is 2. The van der Waals surface area contributed by atoms with Crippen molar-refractivity contribution >= 4 is 45.1 Å². The van der Waals surface area contributed by atoms with Gasteiger partial charge >= 0.3 is 6.09 Å². The minimum atomic E-state index is -0.909. The molecule has 2 amide bonds. The molecule has 1 unspecified atom stereocenters. The molecule has 0 radical (unpaired) electrons. The molecule has 1 fully saturated rings. The number of ether oxygens (including phenoxy) is 1. The van der Waals surface area contributed by atoms with Crippen LogP contribution >= 0.6 is 11.3 Å². The number of nitrogens with zero attached hydrogens (tertiary/aromatic N) is 2. The fraction of sp³-hybridized carbons (Fsp3) is 0.0476. The normalized spacial score (nSPS) is 15.9. The highest BCUT2D eigenvalue weighted by Gasteiger charge is 2.33. The fourth-order valence-electron chi connectivity index (χ4n) is 3.14. The Bertz CT molecular complexity index is 1220. The van der Waals surface area contributed by atoms with Crippen molar-refractivity contribution in [2.75, 3.05) is 5.32 Å². The first-order valence-electron chi connectivity index (χ1n) is 8.86. The zero-order valence-corrected chi connectivity index (χ0v) is 15.8. The van der Waals surface area contributed by atoms with E-state index in [0.29, 0.717) is 11.4 Å². The summed E-state index contributed by atoms with van der Waals surface area (Å²) in [5.41, 5.74) is 3.41. The Labute approximate surface area is 169 Å². The molecule has 5 rings (SSSR count). The van der Waals surface area contributed by atoms with Crippen LogP contribution in [0.15, 0.2) is 67.0 Å². The molecule has 0 aliphatic carbocycles. The predicted octanol–water partition coefficient (Wildman–Crippen LogP) is 4.41. The number of thiophene rings is 1. The van der Waals surface area contributed by atoms with E-state index in [1.54, 1.807) is 23.5 Å². The maximum atomic E-state index is 11.7. The molecule has 29 heavy (non-hydrogen) atoms. The van der Waals surface area contributed by atoms with Crippen molar-refractivity contribution in [2.45, 2.75) is 6.10 Å². The van der Waals surface area contributed by atoms with Gasteiger partial charge < -0.3 is 10.1 Å². The van der Waals surface area contributed by atoms with Gasteiger partial charge in [0.05, 0.1) is 10.2 Å². The molecule has 8 heteroatoms. The molecule has 0 bridgehead atoms. The SMILES string of the molecule is O=C1NC(=O)C(c2ccc(Nc3ncnc4cc(-c5ccccc5)sc34)cc2)O1. The third-order valence-corrected chi connectivity index (χ3v) is 5.71. The van der Waals surface area contributed by atoms with Gasteiger partial charge in [0.2, 0.25) is 6.10 Å². The Morgan fingerprint density at radius 1 is 1.00 bits per heavy atom. The summed E-state index contributed by atoms with van der Waals surface area (Å²) in [6.07, 6.45) is -0.103. The number of nitrogens with one attached hydrogen (secondary N) is 2. The van der Waals surface area contributed by atoms with Gasteiger partial charge in [-0.25, -0.2) is 14.8 Å². The van der Waals surface area contributed by atoms with Crippen molar-refractivity contribution in [3.63, 3.8) is 0 Å². The third kappa shape index (κ3) is 3.30. The standard InChI is InChI=1S/C21H14N4O3S/c26-20-17(28-21(27)25-20)13-6-8-14(9-7-13)24-19-18-15(22-11-23-19)10-16(29-18)12-4-2-1-3-5-12/h1-11,17H,(H,22,23,24)(H,25,26,27). The first-order chi connectivity index (χ1) is 14.2. The van der Waals surface area contributed by atoms with Crippen LogP contribution in [-0.2, 0) is 9.53 Å². The maximum absolute atomic E-state index is 11.7. The van der Waals surface area contributed by atoms with E-state index < -0.39 is 18.1 Å². The number of fused-ring (bicyclic) bond motifs is 1. The highest BCUT2D eigenvalue weighted by molar-refractivity contribution is 7.22. The van der Waals surface area contributed by atoms with Crippen LogP contribution in [0.3, 0.4) is 0 Å². The smallest absolute Gasteiger partial charge is 0.415 e. The van der Waals surface area contributed by atoms with Crippen LogP contribution < -0.4 is 10.6 Å². The molecule has 4 aromatic rings. The summed E-state index contributed by atoms with van der Waals surface area (Å²) in [6.45, 7) is 0. The van der Waals surface area contributed by atoms with Gasteiger partial charge in [0.1, 0.15) is 6.33 Å². The fourth-order valence-corrected chi connectivity index (χ4v) is 4.20. The van der Waals surface area contributed by atoms with Crippen LogP contribution in [0, 0.1) is 0 Å². The molecule has 2 aromatic heterocycles. The summed E-state index contributed by atoms with van der Waals surface area (Å²) < 4.78 is 5.94. The van der Waals surface area contributed by atoms with E-state index in [9.17, 15) is 9.59 Å². The summed E-state index contributed by atoms with van der Waals surface area (Å²) in [7, 11) is 0. The van der Waals surface area contributed by atoms with E-state index >= 15 is 0 Å². The van der Waals surface area contributed by atoms with Crippen LogP contribution in [0.5, 0.6) is 0 Å². The summed E-state index contributed by atoms with van der Waals surface area (Å²) in [6, 6.07) is 19.3. The lowest BCUT2D eigenvalue weighted by Gasteiger charge is -2.09. The Kier molecular flexibility index (Phi) is 4.18. The number of amides is 2. The van der Waals surface area contributed by atoms with E-state index in [0.717, 1.165) is 26.3 Å². The number of benzene rings is 2. The van der Waals surface area contributed by atoms with Crippen LogP contribution in [0.1, 0.15) is 11.7 Å². The lowest BCUT2D eigenvalue weighted by Crippen LogP contribution is -2.20. The molecule has 0 spiro atoms. The molecular formula is C21H14N4O3S. The molecule has 3 heterocycles. The van der Waals surface area contributed by atoms with E-state index in [2.05, 4.69) is 38.8 Å². The van der Waals surface area contributed by atoms with Gasteiger partial charge in [0.25, 0.3) is 5.91 Å². The number of carbonyl (C=O) groups excluding carboxylic acids is 2. The molecule has 0 saturated carbocycles. The van der Waals surface area contributed by atoms with Gasteiger partial charge in [0, 0.05) is 16.1 Å². The number of alkyl carbamates (subject to hydrolysis) is 1. The van der Waals surface area contributed by atoms with Gasteiger partial charge in [0.15, 0.2) is 5.82 Å². The van der Waals surface area contributed by atoms with Gasteiger partial charge in [-0.05, 0) is 23.8 Å². The van der Waals surface area contributed by atoms with Crippen LogP contribution in [0.4, 0.5) is 16.3 Å². The summed E-state index contributed by atoms with van der Waals surface area (Å²) >= 11 is 1.62. The Balaban J connectivity index is 1.42. The van der Waals surface area contributed by atoms with E-state index in [1.165, 1.54) is 6.33 Å². The van der Waals surface area contributed by atoms with Crippen LogP contribution in [0.25, 0.3) is 20.7 Å². The number of anilines is 2. The quantitative estimate of drug-likeness (QED) is 0.525. The summed E-state index contributed by atoms with van der Waals surface area (Å²) in [5.74, 6) is 0.250. The van der Waals surface area contributed by atoms with Crippen molar-refractivity contribution in [2.24, 2.45) is 0 Å². The van der Waals surface area contributed by atoms with Gasteiger partial charge in [-0.15, -0.1) is 11.3 Å². The number of imide groups is 1. The predicted molar refractivity (Wildman–Crippen MR) is 110 cm³/mol. The third-order valence-electron chi connectivity index (χ3n) is 4.53. The number of rotatable bonds is 4. The van der Waals surface area contributed by atoms with E-state index in [1.807, 2.05) is 30.3 Å². The van der Waals surface area contributed by atoms with Gasteiger partial charge in [-0.3, -0.25) is 10.1 Å². The minimum absolute atomic E-state index is 0.458. The Morgan fingerprint density at radius 3 is 2.52 bits per heavy atom. The molecule has 1 saturated heterocycles. The molecule has 2 N–H and O–H groups in total. The number of hydrogen-bond donors (Lipinski definition) is 2. The minimum Gasteiger partial charge on any atom is -0.431 e. The van der Waals surface area contributed by atoms with Crippen LogP contribution in [0.2, 0.25) is 0 Å². The van der Waals surface area contributed by atoms with Gasteiger partial charge in [-0.2, -0.15) is 0 Å². The van der Waals surface area contributed by atoms with Crippen molar-refractivity contribution in [1.82, 2.24) is 15.3 Å². The molecule has 1 aliphatic heterocycles. The monoisotopic (exact) mass is 402 g/mol. The van der Waals surface area contributed by atoms with E-state index in [4.69, 9.17) is 4.74 Å². The van der Waals surface area contributed by atoms with E-state index in [-0.39, 0.29) is 0 Å². The number of hydrogen-bond acceptors (Lipinski definition) is 7. The first kappa shape index (κ1) is 17.3. The Morgan fingerprint density at radius 2 is 1.79 bits per heavy atom. The highest BCUT2D eigenvalue weighted by atomic mass is 32.1. The van der Waals surface area contributed by atoms with Crippen molar-refractivity contribution in [3.8, 4) is 10.4 Å². The Hall–Kier alpha value is -3.78. The number of cyclic esters (lactones) is 1. The average molecular weight is 402 g/mol.